The summed E-state index contributed by atoms with van der Waals surface area (Å²) in [6.07, 6.45) is -0.755. The first-order chi connectivity index (χ1) is 9.19. The molecular formula is C15H14N2O2. The third-order valence-electron chi connectivity index (χ3n) is 2.67. The lowest BCUT2D eigenvalue weighted by Gasteiger charge is -2.13. The molecule has 4 heteroatoms. The van der Waals surface area contributed by atoms with Crippen molar-refractivity contribution >= 4 is 5.69 Å². The van der Waals surface area contributed by atoms with Crippen molar-refractivity contribution in [2.75, 3.05) is 12.3 Å². The Morgan fingerprint density at radius 1 is 1.21 bits per heavy atom. The van der Waals surface area contributed by atoms with Gasteiger partial charge in [0.2, 0.25) is 0 Å². The van der Waals surface area contributed by atoms with Gasteiger partial charge in [-0.15, -0.1) is 0 Å². The van der Waals surface area contributed by atoms with Crippen molar-refractivity contribution in [1.82, 2.24) is 0 Å². The van der Waals surface area contributed by atoms with E-state index in [4.69, 9.17) is 15.7 Å². The molecule has 0 spiro atoms. The van der Waals surface area contributed by atoms with Gasteiger partial charge in [0.25, 0.3) is 0 Å². The van der Waals surface area contributed by atoms with Gasteiger partial charge in [-0.3, -0.25) is 0 Å². The fourth-order valence-electron chi connectivity index (χ4n) is 1.69. The van der Waals surface area contributed by atoms with Crippen molar-refractivity contribution in [1.29, 1.82) is 5.26 Å². The smallest absolute Gasteiger partial charge is 0.120 e. The lowest BCUT2D eigenvalue weighted by Crippen LogP contribution is -2.10. The van der Waals surface area contributed by atoms with E-state index in [1.165, 1.54) is 0 Å². The number of nitriles is 1. The number of nitrogens with zero attached hydrogens (tertiary/aromatic N) is 1. The van der Waals surface area contributed by atoms with Crippen molar-refractivity contribution in [3.63, 3.8) is 0 Å². The lowest BCUT2D eigenvalue weighted by molar-refractivity contribution is 0.108. The summed E-state index contributed by atoms with van der Waals surface area (Å²) in [5, 5.41) is 18.8. The van der Waals surface area contributed by atoms with Crippen LogP contribution in [0, 0.1) is 11.3 Å². The van der Waals surface area contributed by atoms with E-state index in [9.17, 15) is 5.11 Å². The zero-order valence-corrected chi connectivity index (χ0v) is 10.3. The summed E-state index contributed by atoms with van der Waals surface area (Å²) in [5.41, 5.74) is 7.48. The van der Waals surface area contributed by atoms with Crippen LogP contribution < -0.4 is 10.5 Å². The molecule has 0 heterocycles. The third-order valence-corrected chi connectivity index (χ3v) is 2.67. The predicted molar refractivity (Wildman–Crippen MR) is 72.5 cm³/mol. The number of ether oxygens (including phenoxy) is 1. The van der Waals surface area contributed by atoms with Crippen molar-refractivity contribution in [3.8, 4) is 11.8 Å². The topological polar surface area (TPSA) is 79.3 Å². The van der Waals surface area contributed by atoms with Crippen molar-refractivity contribution < 1.29 is 9.84 Å². The van der Waals surface area contributed by atoms with E-state index in [1.807, 2.05) is 6.07 Å². The van der Waals surface area contributed by atoms with E-state index in [2.05, 4.69) is 0 Å². The quantitative estimate of drug-likeness (QED) is 0.820. The molecule has 0 aliphatic rings. The maximum absolute atomic E-state index is 9.99. The maximum Gasteiger partial charge on any atom is 0.120 e. The summed E-state index contributed by atoms with van der Waals surface area (Å²) in [6, 6.07) is 15.9. The molecule has 0 aliphatic heterocycles. The molecule has 3 N–H and O–H groups in total. The van der Waals surface area contributed by atoms with Crippen molar-refractivity contribution in [2.24, 2.45) is 0 Å². The molecule has 1 atom stereocenters. The van der Waals surface area contributed by atoms with Crippen LogP contribution in [0.1, 0.15) is 17.2 Å². The Morgan fingerprint density at radius 3 is 2.74 bits per heavy atom. The summed E-state index contributed by atoms with van der Waals surface area (Å²) in [6.45, 7) is 0.109. The van der Waals surface area contributed by atoms with E-state index < -0.39 is 6.10 Å². The summed E-state index contributed by atoms with van der Waals surface area (Å²) in [5.74, 6) is 0.557. The van der Waals surface area contributed by atoms with Gasteiger partial charge < -0.3 is 15.6 Å². The molecule has 0 fully saturated rings. The molecule has 1 unspecified atom stereocenters. The zero-order chi connectivity index (χ0) is 13.7. The highest BCUT2D eigenvalue weighted by atomic mass is 16.5. The van der Waals surface area contributed by atoms with Crippen LogP contribution in [-0.2, 0) is 0 Å². The second kappa shape index (κ2) is 5.89. The Bertz CT molecular complexity index is 605. The summed E-state index contributed by atoms with van der Waals surface area (Å²) < 4.78 is 5.46. The van der Waals surface area contributed by atoms with Crippen LogP contribution in [0.2, 0.25) is 0 Å². The maximum atomic E-state index is 9.99. The van der Waals surface area contributed by atoms with Crippen LogP contribution in [0.5, 0.6) is 5.75 Å². The van der Waals surface area contributed by atoms with Crippen LogP contribution in [0.25, 0.3) is 0 Å². The third kappa shape index (κ3) is 3.47. The highest BCUT2D eigenvalue weighted by Crippen LogP contribution is 2.18. The second-order valence-electron chi connectivity index (χ2n) is 4.14. The summed E-state index contributed by atoms with van der Waals surface area (Å²) in [7, 11) is 0. The van der Waals surface area contributed by atoms with Gasteiger partial charge >= 0.3 is 0 Å². The van der Waals surface area contributed by atoms with Crippen LogP contribution in [-0.4, -0.2) is 11.7 Å². The van der Waals surface area contributed by atoms with E-state index in [-0.39, 0.29) is 6.61 Å². The molecule has 0 saturated heterocycles. The number of nitrogen functional groups attached to an aromatic ring is 1. The number of nitrogens with two attached hydrogens (primary N) is 1. The van der Waals surface area contributed by atoms with E-state index in [1.54, 1.807) is 48.5 Å². The number of benzene rings is 2. The van der Waals surface area contributed by atoms with Gasteiger partial charge in [0.1, 0.15) is 18.5 Å². The van der Waals surface area contributed by atoms with Gasteiger partial charge in [0.05, 0.1) is 11.6 Å². The van der Waals surface area contributed by atoms with Crippen molar-refractivity contribution in [3.05, 3.63) is 59.7 Å². The molecule has 0 radical (unpaired) electrons. The molecule has 0 amide bonds. The number of rotatable bonds is 4. The summed E-state index contributed by atoms with van der Waals surface area (Å²) in [4.78, 5) is 0. The predicted octanol–water partition coefficient (Wildman–Crippen LogP) is 2.25. The molecule has 4 nitrogen and oxygen atoms in total. The fraction of sp³-hybridized carbons (Fsp3) is 0.133. The highest BCUT2D eigenvalue weighted by molar-refractivity contribution is 5.41. The largest absolute Gasteiger partial charge is 0.490 e. The Balaban J connectivity index is 2.00. The molecule has 96 valence electrons. The van der Waals surface area contributed by atoms with Crippen LogP contribution >= 0.6 is 0 Å². The molecule has 0 aromatic heterocycles. The Hall–Kier alpha value is -2.51. The normalized spacial score (nSPS) is 11.6. The average molecular weight is 254 g/mol. The van der Waals surface area contributed by atoms with Gasteiger partial charge in [-0.1, -0.05) is 18.2 Å². The number of aliphatic hydroxyl groups is 1. The van der Waals surface area contributed by atoms with Crippen LogP contribution in [0.4, 0.5) is 5.69 Å². The fourth-order valence-corrected chi connectivity index (χ4v) is 1.69. The number of hydrogen-bond acceptors (Lipinski definition) is 4. The average Bonchev–Trinajstić information content (AvgIpc) is 2.45. The lowest BCUT2D eigenvalue weighted by atomic mass is 10.1. The summed E-state index contributed by atoms with van der Waals surface area (Å²) >= 11 is 0. The molecule has 0 bridgehead atoms. The minimum atomic E-state index is -0.755. The van der Waals surface area contributed by atoms with Crippen molar-refractivity contribution in [2.45, 2.75) is 6.10 Å². The molecule has 2 rings (SSSR count). The molecule has 2 aromatic rings. The first-order valence-corrected chi connectivity index (χ1v) is 5.85. The molecular weight excluding hydrogens is 240 g/mol. The van der Waals surface area contributed by atoms with Gasteiger partial charge in [0, 0.05) is 5.69 Å². The first-order valence-electron chi connectivity index (χ1n) is 5.85. The zero-order valence-electron chi connectivity index (χ0n) is 10.3. The van der Waals surface area contributed by atoms with Gasteiger partial charge in [-0.05, 0) is 35.9 Å². The minimum absolute atomic E-state index is 0.109. The first kappa shape index (κ1) is 12.9. The second-order valence-corrected chi connectivity index (χ2v) is 4.14. The van der Waals surface area contributed by atoms with E-state index in [0.717, 1.165) is 0 Å². The van der Waals surface area contributed by atoms with Gasteiger partial charge in [-0.25, -0.2) is 0 Å². The molecule has 2 aromatic carbocycles. The number of anilines is 1. The van der Waals surface area contributed by atoms with Crippen LogP contribution in [0.3, 0.4) is 0 Å². The molecule has 0 saturated carbocycles. The molecule has 19 heavy (non-hydrogen) atoms. The van der Waals surface area contributed by atoms with Crippen LogP contribution in [0.15, 0.2) is 48.5 Å². The Labute approximate surface area is 111 Å². The Morgan fingerprint density at radius 2 is 2.00 bits per heavy atom. The van der Waals surface area contributed by atoms with E-state index >= 15 is 0 Å². The minimum Gasteiger partial charge on any atom is -0.490 e. The van der Waals surface area contributed by atoms with Gasteiger partial charge in [-0.2, -0.15) is 5.26 Å². The monoisotopic (exact) mass is 254 g/mol. The standard InChI is InChI=1S/C15H14N2O2/c16-9-11-3-1-6-14(7-11)19-10-15(18)12-4-2-5-13(17)8-12/h1-8,15,18H,10,17H2. The number of hydrogen-bond donors (Lipinski definition) is 2. The Kier molecular flexibility index (Phi) is 4.01. The van der Waals surface area contributed by atoms with E-state index in [0.29, 0.717) is 22.6 Å². The number of aliphatic hydroxyl groups excluding tert-OH is 1. The van der Waals surface area contributed by atoms with Gasteiger partial charge in [0.15, 0.2) is 0 Å². The molecule has 0 aliphatic carbocycles. The SMILES string of the molecule is N#Cc1cccc(OCC(O)c2cccc(N)c2)c1. The highest BCUT2D eigenvalue weighted by Gasteiger charge is 2.08.